The van der Waals surface area contributed by atoms with Gasteiger partial charge in [-0.3, -0.25) is 0 Å². The summed E-state index contributed by atoms with van der Waals surface area (Å²) in [6.07, 6.45) is 2.92. The largest absolute Gasteiger partial charge is 0.317 e. The van der Waals surface area contributed by atoms with Crippen LogP contribution in [0.25, 0.3) is 0 Å². The number of rotatable bonds is 1. The minimum absolute atomic E-state index is 1.02. The van der Waals surface area contributed by atoms with Gasteiger partial charge < -0.3 is 5.92 Å². The fourth-order valence-corrected chi connectivity index (χ4v) is 0.661. The second kappa shape index (κ2) is 1.25. The zero-order valence-corrected chi connectivity index (χ0v) is 4.49. The van der Waals surface area contributed by atoms with Gasteiger partial charge >= 0.3 is 0 Å². The Morgan fingerprint density at radius 3 is 1.83 bits per heavy atom. The minimum Gasteiger partial charge on any atom is -0.317 e. The molecule has 0 saturated heterocycles. The molecule has 1 saturated carbocycles. The van der Waals surface area contributed by atoms with Gasteiger partial charge in [-0.25, -0.2) is 0 Å². The van der Waals surface area contributed by atoms with E-state index in [2.05, 4.69) is 13.8 Å². The quantitative estimate of drug-likeness (QED) is 0.425. The molecule has 0 atom stereocenters. The lowest BCUT2D eigenvalue weighted by atomic mass is 10.1. The van der Waals surface area contributed by atoms with Crippen LogP contribution in [0.3, 0.4) is 0 Å². The third kappa shape index (κ3) is 0.735. The molecule has 36 valence electrons. The first-order valence-electron chi connectivity index (χ1n) is 2.61. The van der Waals surface area contributed by atoms with Crippen molar-refractivity contribution in [2.45, 2.75) is 26.7 Å². The molecule has 0 N–H and O–H groups in total. The van der Waals surface area contributed by atoms with E-state index < -0.39 is 0 Å². The van der Waals surface area contributed by atoms with Crippen molar-refractivity contribution in [1.82, 2.24) is 0 Å². The van der Waals surface area contributed by atoms with Crippen molar-refractivity contribution < 1.29 is 0 Å². The summed E-state index contributed by atoms with van der Waals surface area (Å²) in [5.41, 5.74) is 0. The Hall–Kier alpha value is 0. The van der Waals surface area contributed by atoms with E-state index in [0.717, 1.165) is 5.92 Å². The van der Waals surface area contributed by atoms with Crippen molar-refractivity contribution >= 4 is 0 Å². The highest BCUT2D eigenvalue weighted by Gasteiger charge is 2.13. The normalized spacial score (nSPS) is 22.5. The molecule has 0 spiro atoms. The van der Waals surface area contributed by atoms with E-state index in [4.69, 9.17) is 0 Å². The zero-order chi connectivity index (χ0) is 4.57. The monoisotopic (exact) mass is 83.1 g/mol. The van der Waals surface area contributed by atoms with Crippen molar-refractivity contribution in [3.8, 4) is 0 Å². The van der Waals surface area contributed by atoms with Gasteiger partial charge in [0.1, 0.15) is 0 Å². The Bertz CT molecular complexity index is 42.0. The summed E-state index contributed by atoms with van der Waals surface area (Å²) >= 11 is 0. The molecule has 0 nitrogen and oxygen atoms in total. The lowest BCUT2D eigenvalue weighted by molar-refractivity contribution is 0.844. The van der Waals surface area contributed by atoms with Gasteiger partial charge in [-0.15, -0.1) is 0 Å². The highest BCUT2D eigenvalue weighted by atomic mass is 14.3. The number of hydrogen-bond donors (Lipinski definition) is 0. The second-order valence-corrected chi connectivity index (χ2v) is 2.35. The topological polar surface area (TPSA) is 0 Å². The van der Waals surface area contributed by atoms with E-state index in [1.165, 1.54) is 12.8 Å². The molecule has 1 aliphatic carbocycles. The van der Waals surface area contributed by atoms with Crippen LogP contribution in [-0.4, -0.2) is 0 Å². The van der Waals surface area contributed by atoms with Gasteiger partial charge in [0.15, 0.2) is 0 Å². The molecular formula is C6H11-. The zero-order valence-electron chi connectivity index (χ0n) is 4.49. The third-order valence-electron chi connectivity index (χ3n) is 1.39. The van der Waals surface area contributed by atoms with Crippen LogP contribution in [0.1, 0.15) is 26.7 Å². The van der Waals surface area contributed by atoms with Crippen LogP contribution in [0.4, 0.5) is 0 Å². The van der Waals surface area contributed by atoms with E-state index in [9.17, 15) is 0 Å². The van der Waals surface area contributed by atoms with Crippen molar-refractivity contribution in [3.05, 3.63) is 5.92 Å². The van der Waals surface area contributed by atoms with Gasteiger partial charge in [-0.05, 0) is 0 Å². The number of hydrogen-bond acceptors (Lipinski definition) is 0. The van der Waals surface area contributed by atoms with Crippen LogP contribution in [0.5, 0.6) is 0 Å². The highest BCUT2D eigenvalue weighted by Crippen LogP contribution is 2.37. The third-order valence-corrected chi connectivity index (χ3v) is 1.39. The lowest BCUT2D eigenvalue weighted by Crippen LogP contribution is -1.82. The molecule has 0 heteroatoms. The van der Waals surface area contributed by atoms with E-state index in [0.29, 0.717) is 0 Å². The van der Waals surface area contributed by atoms with Crippen molar-refractivity contribution in [3.63, 3.8) is 0 Å². The van der Waals surface area contributed by atoms with Gasteiger partial charge in [0, 0.05) is 0 Å². The Balaban J connectivity index is 2.13. The highest BCUT2D eigenvalue weighted by molar-refractivity contribution is 4.95. The van der Waals surface area contributed by atoms with E-state index in [1.807, 2.05) is 0 Å². The molecule has 0 heterocycles. The standard InChI is InChI=1S/C6H11/c1-5(2)6-3-4-6/h6H,3-4H2,1-2H3/q-1. The van der Waals surface area contributed by atoms with Crippen LogP contribution >= 0.6 is 0 Å². The maximum atomic E-state index is 2.22. The Kier molecular flexibility index (Phi) is 0.868. The van der Waals surface area contributed by atoms with Crippen LogP contribution in [0.15, 0.2) is 0 Å². The average Bonchev–Trinajstić information content (AvgIpc) is 2.06. The summed E-state index contributed by atoms with van der Waals surface area (Å²) in [5, 5.41) is 0. The van der Waals surface area contributed by atoms with Crippen LogP contribution < -0.4 is 0 Å². The summed E-state index contributed by atoms with van der Waals surface area (Å²) in [6, 6.07) is 0. The first-order chi connectivity index (χ1) is 2.80. The smallest absolute Gasteiger partial charge is 0.0797 e. The molecule has 0 amide bonds. The van der Waals surface area contributed by atoms with Gasteiger partial charge in [0.2, 0.25) is 0 Å². The molecular weight excluding hydrogens is 72.1 g/mol. The predicted octanol–water partition coefficient (Wildman–Crippen LogP) is 2.01. The Morgan fingerprint density at radius 2 is 1.83 bits per heavy atom. The summed E-state index contributed by atoms with van der Waals surface area (Å²) < 4.78 is 0. The summed E-state index contributed by atoms with van der Waals surface area (Å²) in [5.74, 6) is 2.64. The van der Waals surface area contributed by atoms with E-state index in [1.54, 1.807) is 5.92 Å². The minimum atomic E-state index is 1.02. The maximum Gasteiger partial charge on any atom is -0.0797 e. The summed E-state index contributed by atoms with van der Waals surface area (Å²) in [6.45, 7) is 4.44. The molecule has 1 rings (SSSR count). The molecule has 0 aromatic carbocycles. The molecule has 0 aliphatic heterocycles. The molecule has 6 heavy (non-hydrogen) atoms. The summed E-state index contributed by atoms with van der Waals surface area (Å²) in [7, 11) is 0. The molecule has 0 aromatic heterocycles. The van der Waals surface area contributed by atoms with Gasteiger partial charge in [-0.2, -0.15) is 19.8 Å². The SMILES string of the molecule is C[C-](C)C1CC1. The molecule has 0 aromatic rings. The predicted molar refractivity (Wildman–Crippen MR) is 27.3 cm³/mol. The molecule has 1 aliphatic rings. The molecule has 0 bridgehead atoms. The van der Waals surface area contributed by atoms with Gasteiger partial charge in [0.05, 0.1) is 0 Å². The first kappa shape index (κ1) is 4.17. The lowest BCUT2D eigenvalue weighted by Gasteiger charge is -2.12. The second-order valence-electron chi connectivity index (χ2n) is 2.35. The van der Waals surface area contributed by atoms with Gasteiger partial charge in [-0.1, -0.05) is 12.8 Å². The van der Waals surface area contributed by atoms with E-state index in [-0.39, 0.29) is 0 Å². The van der Waals surface area contributed by atoms with Crippen molar-refractivity contribution in [1.29, 1.82) is 0 Å². The molecule has 1 fully saturated rings. The Morgan fingerprint density at radius 1 is 1.33 bits per heavy atom. The van der Waals surface area contributed by atoms with Gasteiger partial charge in [0.25, 0.3) is 0 Å². The Labute approximate surface area is 39.6 Å². The molecule has 0 radical (unpaired) electrons. The van der Waals surface area contributed by atoms with E-state index >= 15 is 0 Å². The summed E-state index contributed by atoms with van der Waals surface area (Å²) in [4.78, 5) is 0. The molecule has 0 unspecified atom stereocenters. The van der Waals surface area contributed by atoms with Crippen LogP contribution in [0, 0.1) is 11.8 Å². The first-order valence-corrected chi connectivity index (χ1v) is 2.61. The van der Waals surface area contributed by atoms with Crippen molar-refractivity contribution in [2.75, 3.05) is 0 Å². The van der Waals surface area contributed by atoms with Crippen LogP contribution in [0.2, 0.25) is 0 Å². The fraction of sp³-hybridized carbons (Fsp3) is 0.833. The van der Waals surface area contributed by atoms with Crippen LogP contribution in [-0.2, 0) is 0 Å². The fourth-order valence-electron chi connectivity index (χ4n) is 0.661. The maximum absolute atomic E-state index is 2.22. The average molecular weight is 83.2 g/mol. The van der Waals surface area contributed by atoms with Crippen molar-refractivity contribution in [2.24, 2.45) is 5.92 Å².